The smallest absolute Gasteiger partial charge is 0.288 e. The van der Waals surface area contributed by atoms with Crippen LogP contribution in [0.3, 0.4) is 0 Å². The van der Waals surface area contributed by atoms with Crippen molar-refractivity contribution in [1.82, 2.24) is 0 Å². The molecule has 0 aliphatic rings. The third-order valence-electron chi connectivity index (χ3n) is 3.45. The number of anilines is 1. The normalized spacial score (nSPS) is 11.4. The molecule has 25 heavy (non-hydrogen) atoms. The Morgan fingerprint density at radius 3 is 2.20 bits per heavy atom. The van der Waals surface area contributed by atoms with Crippen LogP contribution in [0, 0.1) is 0 Å². The van der Waals surface area contributed by atoms with Crippen molar-refractivity contribution in [1.29, 1.82) is 0 Å². The summed E-state index contributed by atoms with van der Waals surface area (Å²) in [4.78, 5) is 12.4. The van der Waals surface area contributed by atoms with Gasteiger partial charge >= 0.3 is 0 Å². The number of hydrogen-bond acceptors (Lipinski definition) is 3. The number of carbonyl (C=O) groups excluding carboxylic acids is 1. The Labute approximate surface area is 150 Å². The van der Waals surface area contributed by atoms with Crippen molar-refractivity contribution in [2.24, 2.45) is 0 Å². The number of nitrogens with one attached hydrogen (secondary N) is 1. The van der Waals surface area contributed by atoms with Gasteiger partial charge in [0.05, 0.1) is 0 Å². The summed E-state index contributed by atoms with van der Waals surface area (Å²) in [6, 6.07) is 13.9. The molecule has 0 aliphatic heterocycles. The van der Waals surface area contributed by atoms with Crippen LogP contribution in [0.15, 0.2) is 53.4 Å². The first-order chi connectivity index (χ1) is 11.7. The molecule has 2 aromatic carbocycles. The lowest BCUT2D eigenvalue weighted by Crippen LogP contribution is -2.20. The zero-order chi connectivity index (χ0) is 18.4. The molecule has 0 saturated carbocycles. The van der Waals surface area contributed by atoms with Crippen LogP contribution < -0.4 is 10.1 Å². The van der Waals surface area contributed by atoms with Gasteiger partial charge in [0.2, 0.25) is 0 Å². The largest absolute Gasteiger partial charge is 0.484 e. The summed E-state index contributed by atoms with van der Waals surface area (Å²) in [7, 11) is 0. The SMILES string of the molecule is CC(C)(C)c1ccc(OCC(=O)Nc2ccc(SC(F)F)cc2)cc1. The lowest BCUT2D eigenvalue weighted by atomic mass is 9.87. The highest BCUT2D eigenvalue weighted by Gasteiger charge is 2.13. The number of halogens is 2. The van der Waals surface area contributed by atoms with Gasteiger partial charge in [-0.15, -0.1) is 0 Å². The van der Waals surface area contributed by atoms with E-state index in [2.05, 4.69) is 26.1 Å². The molecule has 0 unspecified atom stereocenters. The Balaban J connectivity index is 1.84. The first-order valence-corrected chi connectivity index (χ1v) is 8.70. The van der Waals surface area contributed by atoms with Crippen molar-refractivity contribution < 1.29 is 18.3 Å². The fourth-order valence-electron chi connectivity index (χ4n) is 2.12. The van der Waals surface area contributed by atoms with E-state index in [1.54, 1.807) is 24.3 Å². The molecule has 0 saturated heterocycles. The zero-order valence-corrected chi connectivity index (χ0v) is 15.2. The van der Waals surface area contributed by atoms with Gasteiger partial charge in [-0.2, -0.15) is 8.78 Å². The van der Waals surface area contributed by atoms with Crippen LogP contribution in [-0.2, 0) is 10.2 Å². The summed E-state index contributed by atoms with van der Waals surface area (Å²) in [5.41, 5.74) is 1.78. The molecule has 0 atom stereocenters. The van der Waals surface area contributed by atoms with Gasteiger partial charge in [0.1, 0.15) is 5.75 Å². The minimum Gasteiger partial charge on any atom is -0.484 e. The van der Waals surface area contributed by atoms with E-state index in [1.165, 1.54) is 5.56 Å². The minimum atomic E-state index is -2.46. The first-order valence-electron chi connectivity index (χ1n) is 7.82. The summed E-state index contributed by atoms with van der Waals surface area (Å²) in [6.45, 7) is 6.26. The van der Waals surface area contributed by atoms with Gasteiger partial charge in [-0.1, -0.05) is 44.7 Å². The molecule has 2 aromatic rings. The van der Waals surface area contributed by atoms with Gasteiger partial charge in [0, 0.05) is 10.6 Å². The highest BCUT2D eigenvalue weighted by atomic mass is 32.2. The van der Waals surface area contributed by atoms with Crippen molar-refractivity contribution in [3.63, 3.8) is 0 Å². The average Bonchev–Trinajstić information content (AvgIpc) is 2.54. The van der Waals surface area contributed by atoms with Crippen LogP contribution in [0.4, 0.5) is 14.5 Å². The van der Waals surface area contributed by atoms with E-state index in [-0.39, 0.29) is 17.9 Å². The van der Waals surface area contributed by atoms with Crippen LogP contribution in [0.2, 0.25) is 0 Å². The molecule has 0 bridgehead atoms. The zero-order valence-electron chi connectivity index (χ0n) is 14.4. The van der Waals surface area contributed by atoms with Gasteiger partial charge in [-0.25, -0.2) is 0 Å². The van der Waals surface area contributed by atoms with Crippen molar-refractivity contribution in [3.8, 4) is 5.75 Å². The molecular weight excluding hydrogens is 344 g/mol. The predicted octanol–water partition coefficient (Wildman–Crippen LogP) is 5.32. The number of benzene rings is 2. The van der Waals surface area contributed by atoms with Crippen molar-refractivity contribution in [3.05, 3.63) is 54.1 Å². The molecule has 1 amide bonds. The summed E-state index contributed by atoms with van der Waals surface area (Å²) >= 11 is 0.466. The molecule has 0 spiro atoms. The molecule has 2 rings (SSSR count). The minimum absolute atomic E-state index is 0.0602. The third kappa shape index (κ3) is 6.38. The van der Waals surface area contributed by atoms with E-state index >= 15 is 0 Å². The van der Waals surface area contributed by atoms with Crippen molar-refractivity contribution >= 4 is 23.4 Å². The van der Waals surface area contributed by atoms with E-state index in [1.807, 2.05) is 24.3 Å². The van der Waals surface area contributed by atoms with E-state index in [4.69, 9.17) is 4.74 Å². The molecule has 0 aromatic heterocycles. The number of rotatable bonds is 6. The van der Waals surface area contributed by atoms with E-state index in [9.17, 15) is 13.6 Å². The molecule has 6 heteroatoms. The second kappa shape index (κ2) is 8.34. The van der Waals surface area contributed by atoms with E-state index in [0.717, 1.165) is 0 Å². The fourth-order valence-corrected chi connectivity index (χ4v) is 2.62. The Bertz CT molecular complexity index is 695. The maximum Gasteiger partial charge on any atom is 0.288 e. The predicted molar refractivity (Wildman–Crippen MR) is 97.6 cm³/mol. The summed E-state index contributed by atoms with van der Waals surface area (Å²) in [5, 5.41) is 2.67. The summed E-state index contributed by atoms with van der Waals surface area (Å²) in [6.07, 6.45) is 0. The van der Waals surface area contributed by atoms with Crippen molar-refractivity contribution in [2.75, 3.05) is 11.9 Å². The van der Waals surface area contributed by atoms with Crippen LogP contribution in [0.1, 0.15) is 26.3 Å². The number of alkyl halides is 2. The molecule has 0 aliphatic carbocycles. The molecule has 1 N–H and O–H groups in total. The fraction of sp³-hybridized carbons (Fsp3) is 0.316. The Morgan fingerprint density at radius 1 is 1.08 bits per heavy atom. The van der Waals surface area contributed by atoms with E-state index < -0.39 is 5.76 Å². The maximum absolute atomic E-state index is 12.3. The standard InChI is InChI=1S/C19H21F2NO2S/c1-19(2,3)13-4-8-15(9-5-13)24-12-17(23)22-14-6-10-16(11-7-14)25-18(20)21/h4-11,18H,12H2,1-3H3,(H,22,23). The van der Waals surface area contributed by atoms with Gasteiger partial charge in [-0.3, -0.25) is 4.79 Å². The number of carbonyl (C=O) groups is 1. The van der Waals surface area contributed by atoms with Crippen LogP contribution in [0.5, 0.6) is 5.75 Å². The number of thioether (sulfide) groups is 1. The number of hydrogen-bond donors (Lipinski definition) is 1. The number of amides is 1. The second-order valence-electron chi connectivity index (χ2n) is 6.51. The van der Waals surface area contributed by atoms with Gasteiger partial charge < -0.3 is 10.1 Å². The molecule has 0 radical (unpaired) electrons. The highest BCUT2D eigenvalue weighted by Crippen LogP contribution is 2.26. The van der Waals surface area contributed by atoms with Gasteiger partial charge in [0.15, 0.2) is 6.61 Å². The third-order valence-corrected chi connectivity index (χ3v) is 4.18. The molecular formula is C19H21F2NO2S. The van der Waals surface area contributed by atoms with Crippen LogP contribution in [0.25, 0.3) is 0 Å². The topological polar surface area (TPSA) is 38.3 Å². The van der Waals surface area contributed by atoms with Gasteiger partial charge in [0.25, 0.3) is 11.7 Å². The molecule has 3 nitrogen and oxygen atoms in total. The monoisotopic (exact) mass is 365 g/mol. The Morgan fingerprint density at radius 2 is 1.68 bits per heavy atom. The molecule has 134 valence electrons. The van der Waals surface area contributed by atoms with Crippen LogP contribution in [-0.4, -0.2) is 18.3 Å². The van der Waals surface area contributed by atoms with E-state index in [0.29, 0.717) is 28.1 Å². The lowest BCUT2D eigenvalue weighted by Gasteiger charge is -2.19. The molecule has 0 heterocycles. The summed E-state index contributed by atoms with van der Waals surface area (Å²) in [5.74, 6) is -2.15. The quantitative estimate of drug-likeness (QED) is 0.705. The highest BCUT2D eigenvalue weighted by molar-refractivity contribution is 7.99. The first kappa shape index (κ1) is 19.2. The average molecular weight is 365 g/mol. The number of ether oxygens (including phenoxy) is 1. The second-order valence-corrected chi connectivity index (χ2v) is 7.58. The lowest BCUT2D eigenvalue weighted by molar-refractivity contribution is -0.118. The summed E-state index contributed by atoms with van der Waals surface area (Å²) < 4.78 is 30.0. The maximum atomic E-state index is 12.3. The Hall–Kier alpha value is -2.08. The Kier molecular flexibility index (Phi) is 6.42. The van der Waals surface area contributed by atoms with Crippen molar-refractivity contribution in [2.45, 2.75) is 36.8 Å². The molecule has 0 fully saturated rings. The van der Waals surface area contributed by atoms with Gasteiger partial charge in [-0.05, 0) is 47.4 Å². The van der Waals surface area contributed by atoms with Crippen LogP contribution >= 0.6 is 11.8 Å².